The van der Waals surface area contributed by atoms with Crippen LogP contribution in [0.2, 0.25) is 0 Å². The molecule has 1 aromatic heterocycles. The van der Waals surface area contributed by atoms with Crippen molar-refractivity contribution in [2.75, 3.05) is 12.1 Å². The number of nitrogens with one attached hydrogen (secondary N) is 1. The summed E-state index contributed by atoms with van der Waals surface area (Å²) in [5, 5.41) is 10.9. The van der Waals surface area contributed by atoms with Gasteiger partial charge in [-0.1, -0.05) is 41.3 Å². The zero-order valence-electron chi connectivity index (χ0n) is 15.7. The molecule has 2 heterocycles. The summed E-state index contributed by atoms with van der Waals surface area (Å²) in [6.45, 7) is 0.180. The Morgan fingerprint density at radius 2 is 1.90 bits per heavy atom. The van der Waals surface area contributed by atoms with E-state index in [-0.39, 0.29) is 12.7 Å². The van der Waals surface area contributed by atoms with Crippen molar-refractivity contribution in [1.82, 2.24) is 10.2 Å². The van der Waals surface area contributed by atoms with Gasteiger partial charge in [-0.2, -0.15) is 13.2 Å². The fraction of sp³-hybridized carbons (Fsp3) is 0.150. The van der Waals surface area contributed by atoms with Crippen LogP contribution in [-0.2, 0) is 16.7 Å². The second-order valence-electron chi connectivity index (χ2n) is 6.29. The van der Waals surface area contributed by atoms with E-state index in [0.717, 1.165) is 23.3 Å². The maximum absolute atomic E-state index is 12.6. The smallest absolute Gasteiger partial charge is 0.416 e. The van der Waals surface area contributed by atoms with Crippen molar-refractivity contribution in [2.24, 2.45) is 0 Å². The van der Waals surface area contributed by atoms with Gasteiger partial charge in [0.1, 0.15) is 0 Å². The Kier molecular flexibility index (Phi) is 6.14. The lowest BCUT2D eigenvalue weighted by Crippen LogP contribution is -2.07. The fourth-order valence-corrected chi connectivity index (χ4v) is 4.30. The van der Waals surface area contributed by atoms with E-state index in [1.54, 1.807) is 24.3 Å². The summed E-state index contributed by atoms with van der Waals surface area (Å²) < 4.78 is 49.0. The SMILES string of the molecule is O=C(/C=C\c1ccc2c(c1)OCO2)Nc1nnc(SCc2ccc(C(F)(F)F)cc2)s1. The summed E-state index contributed by atoms with van der Waals surface area (Å²) >= 11 is 2.51. The Bertz CT molecular complexity index is 1110. The molecule has 0 unspecified atom stereocenters. The van der Waals surface area contributed by atoms with Gasteiger partial charge in [-0.15, -0.1) is 10.2 Å². The third kappa shape index (κ3) is 5.56. The molecule has 4 rings (SSSR count). The summed E-state index contributed by atoms with van der Waals surface area (Å²) in [6.07, 6.45) is -1.35. The van der Waals surface area contributed by atoms with Crippen LogP contribution in [0.4, 0.5) is 18.3 Å². The zero-order chi connectivity index (χ0) is 21.8. The van der Waals surface area contributed by atoms with Crippen molar-refractivity contribution in [2.45, 2.75) is 16.3 Å². The molecule has 0 saturated carbocycles. The number of aromatic nitrogens is 2. The number of carbonyl (C=O) groups excluding carboxylic acids is 1. The normalized spacial score (nSPS) is 13.0. The average Bonchev–Trinajstić information content (AvgIpc) is 3.39. The second-order valence-corrected chi connectivity index (χ2v) is 8.49. The third-order valence-electron chi connectivity index (χ3n) is 4.10. The second kappa shape index (κ2) is 8.98. The molecule has 1 aliphatic heterocycles. The predicted octanol–water partition coefficient (Wildman–Crippen LogP) is 5.23. The van der Waals surface area contributed by atoms with E-state index < -0.39 is 11.7 Å². The first kappa shape index (κ1) is 21.2. The van der Waals surface area contributed by atoms with Gasteiger partial charge in [-0.05, 0) is 41.5 Å². The van der Waals surface area contributed by atoms with Gasteiger partial charge in [-0.3, -0.25) is 10.1 Å². The van der Waals surface area contributed by atoms with Crippen LogP contribution >= 0.6 is 23.1 Å². The van der Waals surface area contributed by atoms with Gasteiger partial charge >= 0.3 is 6.18 Å². The quantitative estimate of drug-likeness (QED) is 0.305. The molecule has 3 aromatic rings. The maximum atomic E-state index is 12.6. The van der Waals surface area contributed by atoms with E-state index in [4.69, 9.17) is 9.47 Å². The van der Waals surface area contributed by atoms with Crippen molar-refractivity contribution in [1.29, 1.82) is 0 Å². The molecule has 6 nitrogen and oxygen atoms in total. The topological polar surface area (TPSA) is 73.3 Å². The van der Waals surface area contributed by atoms with Gasteiger partial charge in [0.2, 0.25) is 17.8 Å². The third-order valence-corrected chi connectivity index (χ3v) is 6.15. The highest BCUT2D eigenvalue weighted by Gasteiger charge is 2.29. The van der Waals surface area contributed by atoms with E-state index in [1.165, 1.54) is 41.3 Å². The number of amides is 1. The first-order chi connectivity index (χ1) is 14.9. The van der Waals surface area contributed by atoms with Crippen LogP contribution in [0.25, 0.3) is 6.08 Å². The van der Waals surface area contributed by atoms with Gasteiger partial charge in [-0.25, -0.2) is 0 Å². The highest BCUT2D eigenvalue weighted by molar-refractivity contribution is 8.00. The van der Waals surface area contributed by atoms with Crippen molar-refractivity contribution < 1.29 is 27.4 Å². The Hall–Kier alpha value is -3.05. The lowest BCUT2D eigenvalue weighted by atomic mass is 10.1. The zero-order valence-corrected chi connectivity index (χ0v) is 17.3. The summed E-state index contributed by atoms with van der Waals surface area (Å²) in [5.74, 6) is 1.36. The lowest BCUT2D eigenvalue weighted by molar-refractivity contribution is -0.137. The van der Waals surface area contributed by atoms with Crippen molar-refractivity contribution >= 4 is 40.2 Å². The van der Waals surface area contributed by atoms with E-state index >= 15 is 0 Å². The molecule has 0 bridgehead atoms. The van der Waals surface area contributed by atoms with Gasteiger partial charge in [0.05, 0.1) is 5.56 Å². The van der Waals surface area contributed by atoms with Crippen LogP contribution in [-0.4, -0.2) is 22.9 Å². The van der Waals surface area contributed by atoms with Crippen LogP contribution in [0.5, 0.6) is 11.5 Å². The van der Waals surface area contributed by atoms with Crippen molar-refractivity contribution in [3.63, 3.8) is 0 Å². The van der Waals surface area contributed by atoms with Crippen LogP contribution in [0.3, 0.4) is 0 Å². The van der Waals surface area contributed by atoms with Crippen molar-refractivity contribution in [3.05, 3.63) is 65.2 Å². The number of anilines is 1. The van der Waals surface area contributed by atoms with Gasteiger partial charge in [0.25, 0.3) is 0 Å². The molecule has 1 amide bonds. The molecule has 1 N–H and O–H groups in total. The number of carbonyl (C=O) groups is 1. The maximum Gasteiger partial charge on any atom is 0.416 e. The van der Waals surface area contributed by atoms with E-state index in [0.29, 0.717) is 26.7 Å². The number of rotatable bonds is 6. The van der Waals surface area contributed by atoms with Gasteiger partial charge in [0, 0.05) is 11.8 Å². The largest absolute Gasteiger partial charge is 0.454 e. The van der Waals surface area contributed by atoms with E-state index in [1.807, 2.05) is 0 Å². The fourth-order valence-electron chi connectivity index (χ4n) is 2.59. The van der Waals surface area contributed by atoms with Crippen LogP contribution in [0, 0.1) is 0 Å². The molecule has 0 radical (unpaired) electrons. The van der Waals surface area contributed by atoms with Crippen LogP contribution < -0.4 is 14.8 Å². The number of nitrogens with zero attached hydrogens (tertiary/aromatic N) is 2. The number of fused-ring (bicyclic) bond motifs is 1. The Labute approximate surface area is 183 Å². The Morgan fingerprint density at radius 3 is 2.68 bits per heavy atom. The van der Waals surface area contributed by atoms with Crippen LogP contribution in [0.1, 0.15) is 16.7 Å². The standard InChI is InChI=1S/C20H14F3N3O3S2/c21-20(22,23)14-5-1-13(2-6-14)10-30-19-26-25-18(31-19)24-17(27)8-4-12-3-7-15-16(9-12)29-11-28-15/h1-9H,10-11H2,(H,24,25,27)/b8-4-. The highest BCUT2D eigenvalue weighted by atomic mass is 32.2. The monoisotopic (exact) mass is 465 g/mol. The molecule has 0 saturated heterocycles. The minimum atomic E-state index is -4.35. The summed E-state index contributed by atoms with van der Waals surface area (Å²) in [7, 11) is 0. The summed E-state index contributed by atoms with van der Waals surface area (Å²) in [6, 6.07) is 10.3. The number of hydrogen-bond donors (Lipinski definition) is 1. The molecule has 0 atom stereocenters. The lowest BCUT2D eigenvalue weighted by Gasteiger charge is -2.06. The number of ether oxygens (including phenoxy) is 2. The molecule has 0 aliphatic carbocycles. The Balaban J connectivity index is 1.29. The summed E-state index contributed by atoms with van der Waals surface area (Å²) in [4.78, 5) is 12.1. The molecule has 1 aliphatic rings. The van der Waals surface area contributed by atoms with Crippen molar-refractivity contribution in [3.8, 4) is 11.5 Å². The molecular weight excluding hydrogens is 451 g/mol. The molecule has 11 heteroatoms. The first-order valence-corrected chi connectivity index (χ1v) is 10.7. The van der Waals surface area contributed by atoms with E-state index in [2.05, 4.69) is 15.5 Å². The minimum Gasteiger partial charge on any atom is -0.454 e. The molecule has 31 heavy (non-hydrogen) atoms. The minimum absolute atomic E-state index is 0.180. The molecule has 0 fully saturated rings. The number of thioether (sulfide) groups is 1. The Morgan fingerprint density at radius 1 is 1.13 bits per heavy atom. The molecule has 160 valence electrons. The number of hydrogen-bond acceptors (Lipinski definition) is 7. The summed E-state index contributed by atoms with van der Waals surface area (Å²) in [5.41, 5.74) is 0.825. The molecule has 2 aromatic carbocycles. The number of alkyl halides is 3. The molecule has 0 spiro atoms. The number of benzene rings is 2. The molecular formula is C20H14F3N3O3S2. The van der Waals surface area contributed by atoms with Gasteiger partial charge < -0.3 is 9.47 Å². The van der Waals surface area contributed by atoms with Gasteiger partial charge in [0.15, 0.2) is 15.8 Å². The number of halogens is 3. The van der Waals surface area contributed by atoms with Crippen LogP contribution in [0.15, 0.2) is 52.9 Å². The average molecular weight is 465 g/mol. The predicted molar refractivity (Wildman–Crippen MR) is 111 cm³/mol. The first-order valence-electron chi connectivity index (χ1n) is 8.88. The highest BCUT2D eigenvalue weighted by Crippen LogP contribution is 2.33. The van der Waals surface area contributed by atoms with E-state index in [9.17, 15) is 18.0 Å².